The molecule has 5 aromatic rings. The van der Waals surface area contributed by atoms with E-state index < -0.39 is 23.2 Å². The molecule has 0 aliphatic heterocycles. The monoisotopic (exact) mass is 544 g/mol. The Morgan fingerprint density at radius 1 is 1.03 bits per heavy atom. The number of rotatable bonds is 4. The van der Waals surface area contributed by atoms with Crippen molar-refractivity contribution in [1.82, 2.24) is 24.5 Å². The maximum Gasteiger partial charge on any atom is 0.267 e. The minimum absolute atomic E-state index is 0.0629. The number of pyridine rings is 1. The third-order valence-electron chi connectivity index (χ3n) is 5.70. The first kappa shape index (κ1) is 25.6. The minimum atomic E-state index is -0.861. The van der Waals surface area contributed by atoms with Gasteiger partial charge in [-0.25, -0.2) is 28.7 Å². The van der Waals surface area contributed by atoms with Crippen LogP contribution in [0.1, 0.15) is 30.0 Å². The van der Waals surface area contributed by atoms with Gasteiger partial charge in [0.15, 0.2) is 0 Å². The van der Waals surface area contributed by atoms with Gasteiger partial charge < -0.3 is 16.8 Å². The van der Waals surface area contributed by atoms with Gasteiger partial charge in [-0.2, -0.15) is 0 Å². The summed E-state index contributed by atoms with van der Waals surface area (Å²) in [4.78, 5) is 30.7. The molecule has 0 spiro atoms. The van der Waals surface area contributed by atoms with E-state index in [2.05, 4.69) is 37.1 Å². The maximum atomic E-state index is 14.2. The zero-order valence-corrected chi connectivity index (χ0v) is 21.0. The summed E-state index contributed by atoms with van der Waals surface area (Å²) in [7, 11) is 0. The number of nitrogens with one attached hydrogen (secondary N) is 1. The number of hydrogen-bond donors (Lipinski definition) is 3. The van der Waals surface area contributed by atoms with E-state index in [0.29, 0.717) is 23.0 Å². The van der Waals surface area contributed by atoms with E-state index in [1.165, 1.54) is 18.6 Å². The summed E-state index contributed by atoms with van der Waals surface area (Å²) in [5, 5.41) is 3.40. The fraction of sp³-hybridized carbons (Fsp3) is 0.0741. The van der Waals surface area contributed by atoms with Crippen molar-refractivity contribution < 1.29 is 8.78 Å². The molecule has 1 atom stereocenters. The molecule has 9 nitrogen and oxygen atoms in total. The van der Waals surface area contributed by atoms with Gasteiger partial charge in [0.2, 0.25) is 0 Å². The summed E-state index contributed by atoms with van der Waals surface area (Å²) in [6, 6.07) is 10.2. The fourth-order valence-electron chi connectivity index (χ4n) is 3.92. The molecule has 0 bridgehead atoms. The van der Waals surface area contributed by atoms with E-state index in [4.69, 9.17) is 23.1 Å². The third-order valence-corrected chi connectivity index (χ3v) is 6.01. The Morgan fingerprint density at radius 3 is 2.51 bits per heavy atom. The average molecular weight is 545 g/mol. The van der Waals surface area contributed by atoms with E-state index in [1.807, 2.05) is 0 Å². The van der Waals surface area contributed by atoms with Crippen molar-refractivity contribution in [2.45, 2.75) is 13.0 Å². The predicted molar refractivity (Wildman–Crippen MR) is 145 cm³/mol. The molecular formula is C27H19ClF2N8O. The normalized spacial score (nSPS) is 11.6. The highest BCUT2D eigenvalue weighted by Gasteiger charge is 2.22. The van der Waals surface area contributed by atoms with Crippen LogP contribution in [0, 0.1) is 23.5 Å². The van der Waals surface area contributed by atoms with E-state index in [9.17, 15) is 13.6 Å². The number of hydrogen-bond acceptors (Lipinski definition) is 8. The van der Waals surface area contributed by atoms with E-state index in [0.717, 1.165) is 16.7 Å². The van der Waals surface area contributed by atoms with Crippen molar-refractivity contribution in [2.24, 2.45) is 0 Å². The largest absolute Gasteiger partial charge is 0.397 e. The highest BCUT2D eigenvalue weighted by Crippen LogP contribution is 2.26. The number of anilines is 3. The van der Waals surface area contributed by atoms with Gasteiger partial charge in [-0.15, -0.1) is 0 Å². The molecule has 0 aliphatic rings. The zero-order valence-electron chi connectivity index (χ0n) is 20.3. The van der Waals surface area contributed by atoms with E-state index in [1.54, 1.807) is 31.2 Å². The fourth-order valence-corrected chi connectivity index (χ4v) is 4.17. The topological polar surface area (TPSA) is 138 Å². The Bertz CT molecular complexity index is 1830. The smallest absolute Gasteiger partial charge is 0.267 e. The lowest BCUT2D eigenvalue weighted by Gasteiger charge is -2.21. The molecule has 0 saturated heterocycles. The summed E-state index contributed by atoms with van der Waals surface area (Å²) in [5.74, 6) is 4.56. The summed E-state index contributed by atoms with van der Waals surface area (Å²) in [5.41, 5.74) is 12.6. The van der Waals surface area contributed by atoms with Crippen molar-refractivity contribution in [3.63, 3.8) is 0 Å². The van der Waals surface area contributed by atoms with Crippen molar-refractivity contribution in [1.29, 1.82) is 0 Å². The molecule has 5 N–H and O–H groups in total. The van der Waals surface area contributed by atoms with E-state index >= 15 is 0 Å². The van der Waals surface area contributed by atoms with Gasteiger partial charge in [-0.05, 0) is 49.2 Å². The molecule has 0 radical (unpaired) electrons. The first-order valence-electron chi connectivity index (χ1n) is 11.5. The van der Waals surface area contributed by atoms with Gasteiger partial charge in [0, 0.05) is 6.07 Å². The highest BCUT2D eigenvalue weighted by atomic mass is 35.5. The third kappa shape index (κ3) is 5.18. The second kappa shape index (κ2) is 10.4. The average Bonchev–Trinajstić information content (AvgIpc) is 2.88. The number of nitrogens with two attached hydrogens (primary N) is 2. The number of nitrogen functional groups attached to an aromatic ring is 2. The van der Waals surface area contributed by atoms with Crippen molar-refractivity contribution in [3.8, 4) is 17.5 Å². The zero-order chi connectivity index (χ0) is 27.7. The minimum Gasteiger partial charge on any atom is -0.397 e. The molecule has 5 rings (SSSR count). The van der Waals surface area contributed by atoms with Crippen LogP contribution in [0.4, 0.5) is 26.1 Å². The lowest BCUT2D eigenvalue weighted by Crippen LogP contribution is -2.28. The molecular weight excluding hydrogens is 526 g/mol. The molecule has 39 heavy (non-hydrogen) atoms. The number of benzene rings is 2. The molecule has 0 aliphatic carbocycles. The Balaban J connectivity index is 1.64. The Labute approximate surface area is 225 Å². The van der Waals surface area contributed by atoms with Crippen LogP contribution in [0.25, 0.3) is 16.6 Å². The summed E-state index contributed by atoms with van der Waals surface area (Å²) in [6.45, 7) is 1.70. The van der Waals surface area contributed by atoms with Crippen LogP contribution in [-0.2, 0) is 0 Å². The number of aromatic nitrogens is 5. The summed E-state index contributed by atoms with van der Waals surface area (Å²) in [6.07, 6.45) is 2.72. The van der Waals surface area contributed by atoms with Crippen LogP contribution in [0.2, 0.25) is 5.02 Å². The highest BCUT2D eigenvalue weighted by molar-refractivity contribution is 6.35. The molecule has 0 fully saturated rings. The second-order valence-corrected chi connectivity index (χ2v) is 8.85. The number of nitrogens with zero attached hydrogens (tertiary/aromatic N) is 5. The van der Waals surface area contributed by atoms with Crippen LogP contribution in [-0.4, -0.2) is 24.5 Å². The van der Waals surface area contributed by atoms with Crippen LogP contribution in [0.5, 0.6) is 0 Å². The van der Waals surface area contributed by atoms with Gasteiger partial charge in [0.05, 0.1) is 39.5 Å². The van der Waals surface area contributed by atoms with Gasteiger partial charge >= 0.3 is 0 Å². The Morgan fingerprint density at radius 2 is 1.79 bits per heavy atom. The standard InChI is InChI=1S/C27H19ClF2N8O/c1-14(36-25-20(24(32)34-13-35-25)8-7-18-6-5-17(31)12-33-18)26-37-22-4-2-3-21(28)23(22)27(39)38(26)19-10-15(29)9-16(30)11-19/h2-6,9-14H,31H2,1H3,(H3,32,34,35,36). The lowest BCUT2D eigenvalue weighted by molar-refractivity contribution is 0.579. The Kier molecular flexibility index (Phi) is 6.79. The quantitative estimate of drug-likeness (QED) is 0.286. The molecule has 3 aromatic heterocycles. The van der Waals surface area contributed by atoms with Crippen LogP contribution >= 0.6 is 11.6 Å². The first-order chi connectivity index (χ1) is 18.7. The SMILES string of the molecule is CC(Nc1ncnc(N)c1C#Cc1ccc(N)cn1)c1nc2cccc(Cl)c2c(=O)n1-c1cc(F)cc(F)c1. The number of fused-ring (bicyclic) bond motifs is 1. The van der Waals surface area contributed by atoms with Crippen molar-refractivity contribution in [3.05, 3.63) is 105 Å². The lowest BCUT2D eigenvalue weighted by atomic mass is 10.2. The first-order valence-corrected chi connectivity index (χ1v) is 11.9. The molecule has 3 heterocycles. The van der Waals surface area contributed by atoms with Crippen LogP contribution < -0.4 is 22.3 Å². The molecule has 0 amide bonds. The van der Waals surface area contributed by atoms with Gasteiger partial charge in [0.1, 0.15) is 46.7 Å². The maximum absolute atomic E-state index is 14.2. The second-order valence-electron chi connectivity index (χ2n) is 8.45. The molecule has 194 valence electrons. The van der Waals surface area contributed by atoms with Crippen molar-refractivity contribution in [2.75, 3.05) is 16.8 Å². The van der Waals surface area contributed by atoms with Crippen LogP contribution in [0.3, 0.4) is 0 Å². The van der Waals surface area contributed by atoms with Crippen molar-refractivity contribution >= 4 is 39.8 Å². The molecule has 1 unspecified atom stereocenters. The van der Waals surface area contributed by atoms with E-state index in [-0.39, 0.29) is 39.1 Å². The van der Waals surface area contributed by atoms with Gasteiger partial charge in [0.25, 0.3) is 5.56 Å². The molecule has 2 aromatic carbocycles. The predicted octanol–water partition coefficient (Wildman–Crippen LogP) is 4.24. The Hall–Kier alpha value is -5.08. The van der Waals surface area contributed by atoms with Gasteiger partial charge in [-0.3, -0.25) is 9.36 Å². The molecule has 12 heteroatoms. The molecule has 0 saturated carbocycles. The number of halogens is 3. The van der Waals surface area contributed by atoms with Crippen LogP contribution in [0.15, 0.2) is 65.8 Å². The summed E-state index contributed by atoms with van der Waals surface area (Å²) < 4.78 is 29.5. The van der Waals surface area contributed by atoms with Gasteiger partial charge in [-0.1, -0.05) is 23.6 Å². The summed E-state index contributed by atoms with van der Waals surface area (Å²) >= 11 is 6.30.